The van der Waals surface area contributed by atoms with Crippen molar-refractivity contribution in [3.63, 3.8) is 0 Å². The van der Waals surface area contributed by atoms with Gasteiger partial charge in [0.05, 0.1) is 21.7 Å². The molecule has 0 atom stereocenters. The molecule has 18 heavy (non-hydrogen) atoms. The molecule has 0 aromatic heterocycles. The first-order chi connectivity index (χ1) is 8.25. The molecule has 0 heterocycles. The molecule has 0 aliphatic heterocycles. The van der Waals surface area contributed by atoms with Crippen molar-refractivity contribution in [2.24, 2.45) is 5.41 Å². The second-order valence-corrected chi connectivity index (χ2v) is 5.94. The van der Waals surface area contributed by atoms with Crippen LogP contribution in [0.4, 0.5) is 0 Å². The topological polar surface area (TPSA) is 52.6 Å². The number of esters is 2. The molecule has 0 radical (unpaired) electrons. The molecule has 1 aromatic carbocycles. The van der Waals surface area contributed by atoms with E-state index >= 15 is 0 Å². The van der Waals surface area contributed by atoms with Crippen molar-refractivity contribution in [2.75, 3.05) is 7.11 Å². The van der Waals surface area contributed by atoms with Gasteiger partial charge in [-0.2, -0.15) is 0 Å². The smallest absolute Gasteiger partial charge is 0.337 e. The molecule has 1 rings (SSSR count). The van der Waals surface area contributed by atoms with Crippen LogP contribution in [0.3, 0.4) is 0 Å². The Kier molecular flexibility index (Phi) is 4.72. The Morgan fingerprint density at radius 3 is 2.28 bits per heavy atom. The zero-order valence-corrected chi connectivity index (χ0v) is 12.9. The van der Waals surface area contributed by atoms with E-state index in [0.717, 1.165) is 0 Å². The second kappa shape index (κ2) is 5.69. The van der Waals surface area contributed by atoms with Gasteiger partial charge in [-0.15, -0.1) is 0 Å². The van der Waals surface area contributed by atoms with Crippen molar-refractivity contribution < 1.29 is 19.1 Å². The molecule has 0 unspecified atom stereocenters. The van der Waals surface area contributed by atoms with Crippen LogP contribution in [0.2, 0.25) is 0 Å². The number of ether oxygens (including phenoxy) is 2. The summed E-state index contributed by atoms with van der Waals surface area (Å²) in [4.78, 5) is 23.1. The summed E-state index contributed by atoms with van der Waals surface area (Å²) in [6.45, 7) is 5.35. The van der Waals surface area contributed by atoms with E-state index in [1.165, 1.54) is 7.11 Å². The van der Waals surface area contributed by atoms with Gasteiger partial charge < -0.3 is 9.47 Å². The van der Waals surface area contributed by atoms with E-state index in [1.807, 2.05) is 22.6 Å². The van der Waals surface area contributed by atoms with E-state index in [1.54, 1.807) is 39.0 Å². The first kappa shape index (κ1) is 14.9. The molecule has 0 bridgehead atoms. The van der Waals surface area contributed by atoms with E-state index in [4.69, 9.17) is 4.74 Å². The number of hydrogen-bond acceptors (Lipinski definition) is 4. The molecule has 4 nitrogen and oxygen atoms in total. The number of methoxy groups -OCH3 is 1. The predicted octanol–water partition coefficient (Wildman–Crippen LogP) is 3.03. The van der Waals surface area contributed by atoms with Crippen molar-refractivity contribution in [2.45, 2.75) is 20.8 Å². The summed E-state index contributed by atoms with van der Waals surface area (Å²) in [5.41, 5.74) is -0.137. The van der Waals surface area contributed by atoms with Gasteiger partial charge in [0.25, 0.3) is 0 Å². The van der Waals surface area contributed by atoms with Crippen molar-refractivity contribution in [3.8, 4) is 5.75 Å². The Balaban J connectivity index is 2.94. The summed E-state index contributed by atoms with van der Waals surface area (Å²) in [6.07, 6.45) is 0. The lowest BCUT2D eigenvalue weighted by Crippen LogP contribution is -2.25. The molecule has 98 valence electrons. The van der Waals surface area contributed by atoms with Crippen molar-refractivity contribution in [3.05, 3.63) is 27.3 Å². The molecular formula is C13H15IO4. The van der Waals surface area contributed by atoms with Crippen LogP contribution in [0.5, 0.6) is 5.75 Å². The highest BCUT2D eigenvalue weighted by Gasteiger charge is 2.24. The Morgan fingerprint density at radius 1 is 1.22 bits per heavy atom. The SMILES string of the molecule is COC(=O)c1ccc(OC(=O)C(C)(C)C)c(I)c1. The lowest BCUT2D eigenvalue weighted by atomic mass is 9.97. The normalized spacial score (nSPS) is 10.9. The predicted molar refractivity (Wildman–Crippen MR) is 75.6 cm³/mol. The molecule has 0 saturated carbocycles. The van der Waals surface area contributed by atoms with Crippen molar-refractivity contribution >= 4 is 34.5 Å². The third kappa shape index (κ3) is 3.69. The standard InChI is InChI=1S/C13H15IO4/c1-13(2,3)12(16)18-10-6-5-8(7-9(10)14)11(15)17-4/h5-7H,1-4H3. The third-order valence-electron chi connectivity index (χ3n) is 2.17. The fraction of sp³-hybridized carbons (Fsp3) is 0.385. The van der Waals surface area contributed by atoms with E-state index < -0.39 is 11.4 Å². The minimum atomic E-state index is -0.565. The van der Waals surface area contributed by atoms with Gasteiger partial charge in [-0.05, 0) is 61.6 Å². The Morgan fingerprint density at radius 2 is 1.83 bits per heavy atom. The van der Waals surface area contributed by atoms with E-state index in [2.05, 4.69) is 4.74 Å². The van der Waals surface area contributed by atoms with Gasteiger partial charge in [0.1, 0.15) is 5.75 Å². The van der Waals surface area contributed by atoms with Crippen LogP contribution in [0.25, 0.3) is 0 Å². The number of benzene rings is 1. The van der Waals surface area contributed by atoms with Gasteiger partial charge in [-0.25, -0.2) is 4.79 Å². The van der Waals surface area contributed by atoms with Gasteiger partial charge in [0.2, 0.25) is 0 Å². The summed E-state index contributed by atoms with van der Waals surface area (Å²) >= 11 is 2.01. The Labute approximate surface area is 120 Å². The van der Waals surface area contributed by atoms with Gasteiger partial charge in [0.15, 0.2) is 0 Å². The van der Waals surface area contributed by atoms with Crippen LogP contribution in [0.1, 0.15) is 31.1 Å². The number of carbonyl (C=O) groups is 2. The zero-order chi connectivity index (χ0) is 13.9. The average Bonchev–Trinajstić information content (AvgIpc) is 2.29. The maximum absolute atomic E-state index is 11.7. The zero-order valence-electron chi connectivity index (χ0n) is 10.7. The van der Waals surface area contributed by atoms with Crippen LogP contribution in [-0.2, 0) is 9.53 Å². The molecule has 0 spiro atoms. The maximum Gasteiger partial charge on any atom is 0.337 e. The van der Waals surface area contributed by atoms with Crippen molar-refractivity contribution in [1.29, 1.82) is 0 Å². The average molecular weight is 362 g/mol. The highest BCUT2D eigenvalue weighted by Crippen LogP contribution is 2.25. The minimum Gasteiger partial charge on any atom is -0.465 e. The molecule has 0 aliphatic carbocycles. The Hall–Kier alpha value is -1.11. The number of rotatable bonds is 2. The summed E-state index contributed by atoms with van der Waals surface area (Å²) in [6, 6.07) is 4.79. The number of hydrogen-bond donors (Lipinski definition) is 0. The first-order valence-corrected chi connectivity index (χ1v) is 6.43. The molecule has 0 amide bonds. The molecule has 5 heteroatoms. The molecule has 0 N–H and O–H groups in total. The van der Waals surface area contributed by atoms with E-state index in [9.17, 15) is 9.59 Å². The third-order valence-corrected chi connectivity index (χ3v) is 3.01. The fourth-order valence-corrected chi connectivity index (χ4v) is 1.71. The minimum absolute atomic E-state index is 0.314. The summed E-state index contributed by atoms with van der Waals surface area (Å²) in [5, 5.41) is 0. The van der Waals surface area contributed by atoms with Gasteiger partial charge in [0, 0.05) is 0 Å². The molecule has 0 saturated heterocycles. The summed E-state index contributed by atoms with van der Waals surface area (Å²) < 4.78 is 10.6. The fourth-order valence-electron chi connectivity index (χ4n) is 1.08. The van der Waals surface area contributed by atoms with Crippen LogP contribution in [0.15, 0.2) is 18.2 Å². The highest BCUT2D eigenvalue weighted by atomic mass is 127. The van der Waals surface area contributed by atoms with Crippen LogP contribution >= 0.6 is 22.6 Å². The molecule has 1 aromatic rings. The molecular weight excluding hydrogens is 347 g/mol. The lowest BCUT2D eigenvalue weighted by molar-refractivity contribution is -0.143. The Bertz CT molecular complexity index is 474. The van der Waals surface area contributed by atoms with Crippen LogP contribution in [-0.4, -0.2) is 19.0 Å². The molecule has 0 aliphatic rings. The number of carbonyl (C=O) groups excluding carboxylic acids is 2. The van der Waals surface area contributed by atoms with Crippen LogP contribution < -0.4 is 4.74 Å². The summed E-state index contributed by atoms with van der Waals surface area (Å²) in [5.74, 6) is -0.281. The summed E-state index contributed by atoms with van der Waals surface area (Å²) in [7, 11) is 1.32. The van der Waals surface area contributed by atoms with E-state index in [0.29, 0.717) is 14.9 Å². The van der Waals surface area contributed by atoms with Gasteiger partial charge in [-0.3, -0.25) is 4.79 Å². The van der Waals surface area contributed by atoms with E-state index in [-0.39, 0.29) is 5.97 Å². The van der Waals surface area contributed by atoms with Gasteiger partial charge >= 0.3 is 11.9 Å². The monoisotopic (exact) mass is 362 g/mol. The quantitative estimate of drug-likeness (QED) is 0.461. The number of halogens is 1. The van der Waals surface area contributed by atoms with Crippen LogP contribution in [0, 0.1) is 8.99 Å². The highest BCUT2D eigenvalue weighted by molar-refractivity contribution is 14.1. The maximum atomic E-state index is 11.7. The lowest BCUT2D eigenvalue weighted by Gasteiger charge is -2.17. The van der Waals surface area contributed by atoms with Gasteiger partial charge in [-0.1, -0.05) is 0 Å². The molecule has 0 fully saturated rings. The largest absolute Gasteiger partial charge is 0.465 e. The second-order valence-electron chi connectivity index (χ2n) is 4.78. The first-order valence-electron chi connectivity index (χ1n) is 5.36. The van der Waals surface area contributed by atoms with Crippen molar-refractivity contribution in [1.82, 2.24) is 0 Å².